The smallest absolute Gasteiger partial charge is 0.00387 e. The van der Waals surface area contributed by atoms with Gasteiger partial charge in [-0.1, -0.05) is 58.3 Å². The average Bonchev–Trinajstić information content (AvgIpc) is 2.21. The third-order valence-corrected chi connectivity index (χ3v) is 4.01. The van der Waals surface area contributed by atoms with Gasteiger partial charge in [-0.3, -0.25) is 0 Å². The quantitative estimate of drug-likeness (QED) is 0.539. The fourth-order valence-corrected chi connectivity index (χ4v) is 2.47. The zero-order valence-electron chi connectivity index (χ0n) is 11.4. The Bertz CT molecular complexity index is 152. The van der Waals surface area contributed by atoms with Gasteiger partial charge in [-0.15, -0.1) is 0 Å². The fourth-order valence-electron chi connectivity index (χ4n) is 2.47. The second-order valence-electron chi connectivity index (χ2n) is 5.64. The first-order chi connectivity index (χ1) is 7.83. The first-order valence-corrected chi connectivity index (χ1v) is 7.56. The lowest BCUT2D eigenvalue weighted by atomic mass is 9.83. The fraction of sp³-hybridized carbons (Fsp3) is 1.00. The third-order valence-electron chi connectivity index (χ3n) is 4.01. The molecule has 0 aromatic carbocycles. The maximum atomic E-state index is 3.67. The van der Waals surface area contributed by atoms with Gasteiger partial charge in [-0.2, -0.15) is 0 Å². The van der Waals surface area contributed by atoms with E-state index in [2.05, 4.69) is 19.2 Å². The van der Waals surface area contributed by atoms with Crippen LogP contribution in [0.3, 0.4) is 0 Å². The molecule has 1 heteroatoms. The van der Waals surface area contributed by atoms with E-state index in [0.29, 0.717) is 0 Å². The van der Waals surface area contributed by atoms with E-state index < -0.39 is 0 Å². The Morgan fingerprint density at radius 2 is 1.88 bits per heavy atom. The lowest BCUT2D eigenvalue weighted by molar-refractivity contribution is 0.287. The van der Waals surface area contributed by atoms with Crippen molar-refractivity contribution in [1.29, 1.82) is 0 Å². The van der Waals surface area contributed by atoms with Gasteiger partial charge < -0.3 is 5.32 Å². The minimum absolute atomic E-state index is 0.738. The Kier molecular flexibility index (Phi) is 7.92. The summed E-state index contributed by atoms with van der Waals surface area (Å²) in [4.78, 5) is 0. The van der Waals surface area contributed by atoms with Crippen LogP contribution in [-0.2, 0) is 0 Å². The summed E-state index contributed by atoms with van der Waals surface area (Å²) in [5, 5.41) is 3.67. The van der Waals surface area contributed by atoms with Crippen molar-refractivity contribution in [3.8, 4) is 0 Å². The minimum Gasteiger partial charge on any atom is -0.314 e. The maximum Gasteiger partial charge on any atom is 0.00387 e. The summed E-state index contributed by atoms with van der Waals surface area (Å²) < 4.78 is 0. The van der Waals surface area contributed by atoms with Gasteiger partial charge in [-0.05, 0) is 32.2 Å². The van der Waals surface area contributed by atoms with Crippen molar-refractivity contribution in [2.24, 2.45) is 5.92 Å². The van der Waals surface area contributed by atoms with E-state index in [1.54, 1.807) is 0 Å². The molecule has 0 heterocycles. The standard InChI is InChI=1S/C15H31N/c1-3-4-5-6-7-9-14(2)16-13-12-15-10-8-11-15/h14-16H,3-13H2,1-2H3. The van der Waals surface area contributed by atoms with Gasteiger partial charge >= 0.3 is 0 Å². The number of hydrogen-bond donors (Lipinski definition) is 1. The molecule has 0 aromatic rings. The van der Waals surface area contributed by atoms with Crippen LogP contribution in [-0.4, -0.2) is 12.6 Å². The lowest BCUT2D eigenvalue weighted by Gasteiger charge is -2.26. The highest BCUT2D eigenvalue weighted by Gasteiger charge is 2.16. The minimum atomic E-state index is 0.738. The van der Waals surface area contributed by atoms with Crippen molar-refractivity contribution in [3.05, 3.63) is 0 Å². The van der Waals surface area contributed by atoms with Crippen LogP contribution < -0.4 is 5.32 Å². The molecular formula is C15H31N. The molecule has 1 rings (SSSR count). The molecule has 1 nitrogen and oxygen atoms in total. The summed E-state index contributed by atoms with van der Waals surface area (Å²) >= 11 is 0. The Morgan fingerprint density at radius 3 is 2.50 bits per heavy atom. The summed E-state index contributed by atoms with van der Waals surface area (Å²) in [5.74, 6) is 1.06. The molecule has 1 fully saturated rings. The van der Waals surface area contributed by atoms with E-state index >= 15 is 0 Å². The highest BCUT2D eigenvalue weighted by molar-refractivity contribution is 4.71. The predicted molar refractivity (Wildman–Crippen MR) is 72.8 cm³/mol. The molecule has 1 N–H and O–H groups in total. The molecule has 0 bridgehead atoms. The predicted octanol–water partition coefficient (Wildman–Crippen LogP) is 4.52. The van der Waals surface area contributed by atoms with E-state index in [1.807, 2.05) is 0 Å². The van der Waals surface area contributed by atoms with E-state index in [9.17, 15) is 0 Å². The number of hydrogen-bond acceptors (Lipinski definition) is 1. The average molecular weight is 225 g/mol. The van der Waals surface area contributed by atoms with Crippen molar-refractivity contribution in [1.82, 2.24) is 5.32 Å². The molecule has 1 unspecified atom stereocenters. The third kappa shape index (κ3) is 6.52. The molecule has 1 aliphatic carbocycles. The Balaban J connectivity index is 1.80. The molecule has 16 heavy (non-hydrogen) atoms. The zero-order valence-corrected chi connectivity index (χ0v) is 11.4. The Hall–Kier alpha value is -0.0400. The molecular weight excluding hydrogens is 194 g/mol. The molecule has 96 valence electrons. The van der Waals surface area contributed by atoms with Crippen LogP contribution >= 0.6 is 0 Å². The number of nitrogens with one attached hydrogen (secondary N) is 1. The van der Waals surface area contributed by atoms with Crippen LogP contribution in [0.4, 0.5) is 0 Å². The van der Waals surface area contributed by atoms with Gasteiger partial charge in [0.2, 0.25) is 0 Å². The van der Waals surface area contributed by atoms with Crippen molar-refractivity contribution in [2.75, 3.05) is 6.54 Å². The monoisotopic (exact) mass is 225 g/mol. The van der Waals surface area contributed by atoms with Crippen molar-refractivity contribution in [2.45, 2.75) is 84.1 Å². The normalized spacial score (nSPS) is 18.4. The van der Waals surface area contributed by atoms with Crippen molar-refractivity contribution >= 4 is 0 Å². The summed E-state index contributed by atoms with van der Waals surface area (Å²) in [7, 11) is 0. The molecule has 0 radical (unpaired) electrons. The maximum absolute atomic E-state index is 3.67. The SMILES string of the molecule is CCCCCCCC(C)NCCC1CCC1. The van der Waals surface area contributed by atoms with Gasteiger partial charge in [0.15, 0.2) is 0 Å². The highest BCUT2D eigenvalue weighted by Crippen LogP contribution is 2.28. The first-order valence-electron chi connectivity index (χ1n) is 7.56. The topological polar surface area (TPSA) is 12.0 Å². The molecule has 0 amide bonds. The van der Waals surface area contributed by atoms with Crippen LogP contribution in [0.1, 0.15) is 78.1 Å². The van der Waals surface area contributed by atoms with E-state index in [-0.39, 0.29) is 0 Å². The second-order valence-corrected chi connectivity index (χ2v) is 5.64. The molecule has 1 atom stereocenters. The lowest BCUT2D eigenvalue weighted by Crippen LogP contribution is -2.29. The van der Waals surface area contributed by atoms with Gasteiger partial charge in [0.1, 0.15) is 0 Å². The van der Waals surface area contributed by atoms with Crippen LogP contribution in [0, 0.1) is 5.92 Å². The van der Waals surface area contributed by atoms with Gasteiger partial charge in [0.05, 0.1) is 0 Å². The summed E-state index contributed by atoms with van der Waals surface area (Å²) in [6.45, 7) is 5.88. The summed E-state index contributed by atoms with van der Waals surface area (Å²) in [6, 6.07) is 0.738. The summed E-state index contributed by atoms with van der Waals surface area (Å²) in [6.07, 6.45) is 14.3. The van der Waals surface area contributed by atoms with E-state index in [0.717, 1.165) is 12.0 Å². The number of unbranched alkanes of at least 4 members (excludes halogenated alkanes) is 4. The van der Waals surface area contributed by atoms with Crippen LogP contribution in [0.2, 0.25) is 0 Å². The molecule has 0 saturated heterocycles. The van der Waals surface area contributed by atoms with Crippen molar-refractivity contribution in [3.63, 3.8) is 0 Å². The van der Waals surface area contributed by atoms with Crippen molar-refractivity contribution < 1.29 is 0 Å². The van der Waals surface area contributed by atoms with Gasteiger partial charge in [0, 0.05) is 6.04 Å². The molecule has 0 aromatic heterocycles. The van der Waals surface area contributed by atoms with Gasteiger partial charge in [-0.25, -0.2) is 0 Å². The number of rotatable bonds is 10. The Labute approximate surface area is 102 Å². The Morgan fingerprint density at radius 1 is 1.12 bits per heavy atom. The van der Waals surface area contributed by atoms with Crippen LogP contribution in [0.5, 0.6) is 0 Å². The summed E-state index contributed by atoms with van der Waals surface area (Å²) in [5.41, 5.74) is 0. The van der Waals surface area contributed by atoms with Crippen LogP contribution in [0.25, 0.3) is 0 Å². The van der Waals surface area contributed by atoms with Gasteiger partial charge in [0.25, 0.3) is 0 Å². The molecule has 0 aliphatic heterocycles. The van der Waals surface area contributed by atoms with E-state index in [1.165, 1.54) is 70.8 Å². The first kappa shape index (κ1) is 14.0. The second kappa shape index (κ2) is 9.04. The largest absolute Gasteiger partial charge is 0.314 e. The molecule has 0 spiro atoms. The zero-order chi connectivity index (χ0) is 11.6. The molecule has 1 aliphatic rings. The van der Waals surface area contributed by atoms with E-state index in [4.69, 9.17) is 0 Å². The molecule has 1 saturated carbocycles. The highest BCUT2D eigenvalue weighted by atomic mass is 14.9. The van der Waals surface area contributed by atoms with Crippen LogP contribution in [0.15, 0.2) is 0 Å².